The topological polar surface area (TPSA) is 63.4 Å². The second-order valence-electron chi connectivity index (χ2n) is 4.98. The molecule has 1 aliphatic heterocycles. The van der Waals surface area contributed by atoms with Gasteiger partial charge in [0.1, 0.15) is 0 Å². The van der Waals surface area contributed by atoms with Crippen molar-refractivity contribution in [3.05, 3.63) is 45.1 Å². The Morgan fingerprint density at radius 3 is 2.81 bits per heavy atom. The number of rotatable bonds is 3. The molecule has 2 N–H and O–H groups in total. The lowest BCUT2D eigenvalue weighted by atomic mass is 10.2. The first-order chi connectivity index (χ1) is 10.00. The number of thiophene rings is 1. The number of benzene rings is 1. The van der Waals surface area contributed by atoms with E-state index in [1.165, 1.54) is 0 Å². The second-order valence-corrected chi connectivity index (χ2v) is 8.67. The number of hydrogen-bond donors (Lipinski definition) is 1. The minimum atomic E-state index is -3.52. The first kappa shape index (κ1) is 15.0. The van der Waals surface area contributed by atoms with Crippen LogP contribution < -0.4 is 5.73 Å². The number of hydrogen-bond acceptors (Lipinski definition) is 4. The summed E-state index contributed by atoms with van der Waals surface area (Å²) in [6.45, 7) is 0.557. The Hall–Kier alpha value is -0.890. The van der Waals surface area contributed by atoms with E-state index >= 15 is 0 Å². The molecule has 4 nitrogen and oxygen atoms in total. The molecule has 3 rings (SSSR count). The molecule has 1 aliphatic rings. The summed E-state index contributed by atoms with van der Waals surface area (Å²) in [5.41, 5.74) is 6.23. The molecule has 21 heavy (non-hydrogen) atoms. The van der Waals surface area contributed by atoms with Crippen molar-refractivity contribution in [2.24, 2.45) is 0 Å². The van der Waals surface area contributed by atoms with Crippen LogP contribution in [-0.2, 0) is 10.0 Å². The van der Waals surface area contributed by atoms with Crippen molar-refractivity contribution < 1.29 is 8.42 Å². The van der Waals surface area contributed by atoms with Crippen LogP contribution in [0, 0.1) is 0 Å². The highest BCUT2D eigenvalue weighted by Crippen LogP contribution is 2.39. The third-order valence-corrected chi connectivity index (χ3v) is 7.48. The summed E-state index contributed by atoms with van der Waals surface area (Å²) < 4.78 is 28.0. The van der Waals surface area contributed by atoms with E-state index in [9.17, 15) is 8.42 Å². The van der Waals surface area contributed by atoms with Gasteiger partial charge in [-0.15, -0.1) is 11.3 Å². The van der Waals surface area contributed by atoms with Crippen LogP contribution in [0.15, 0.2) is 45.1 Å². The van der Waals surface area contributed by atoms with Gasteiger partial charge >= 0.3 is 0 Å². The molecular formula is C14H15BrN2O2S2. The summed E-state index contributed by atoms with van der Waals surface area (Å²) in [6.07, 6.45) is 1.75. The van der Waals surface area contributed by atoms with Crippen molar-refractivity contribution in [1.82, 2.24) is 4.31 Å². The fourth-order valence-electron chi connectivity index (χ4n) is 2.65. The molecule has 1 atom stereocenters. The normalized spacial score (nSPS) is 20.0. The van der Waals surface area contributed by atoms with Crippen molar-refractivity contribution in [3.8, 4) is 0 Å². The van der Waals surface area contributed by atoms with E-state index in [0.717, 1.165) is 17.7 Å². The second kappa shape index (κ2) is 5.72. The lowest BCUT2D eigenvalue weighted by Crippen LogP contribution is -2.30. The van der Waals surface area contributed by atoms with E-state index in [1.807, 2.05) is 17.5 Å². The lowest BCUT2D eigenvalue weighted by Gasteiger charge is -2.24. The van der Waals surface area contributed by atoms with Crippen LogP contribution in [0.1, 0.15) is 23.8 Å². The van der Waals surface area contributed by atoms with Crippen LogP contribution in [0.4, 0.5) is 5.69 Å². The average molecular weight is 387 g/mol. The number of nitrogen functional groups attached to an aromatic ring is 1. The average Bonchev–Trinajstić information content (AvgIpc) is 3.09. The van der Waals surface area contributed by atoms with E-state index in [0.29, 0.717) is 16.7 Å². The fourth-order valence-corrected chi connectivity index (χ4v) is 6.32. The number of anilines is 1. The summed E-state index contributed by atoms with van der Waals surface area (Å²) in [5.74, 6) is 0. The highest BCUT2D eigenvalue weighted by atomic mass is 79.9. The molecule has 1 aromatic heterocycles. The third-order valence-electron chi connectivity index (χ3n) is 3.62. The molecule has 0 bridgehead atoms. The first-order valence-corrected chi connectivity index (χ1v) is 9.71. The summed E-state index contributed by atoms with van der Waals surface area (Å²) in [7, 11) is -3.52. The van der Waals surface area contributed by atoms with Crippen molar-refractivity contribution >= 4 is 43.0 Å². The standard InChI is InChI=1S/C14H15BrN2O2S2/c15-11-9-10(16)5-6-14(11)21(18,19)17-7-1-3-12(17)13-4-2-8-20-13/h2,4-6,8-9,12H,1,3,7,16H2. The summed E-state index contributed by atoms with van der Waals surface area (Å²) >= 11 is 4.92. The molecular weight excluding hydrogens is 372 g/mol. The Balaban J connectivity index is 2.01. The Morgan fingerprint density at radius 2 is 2.14 bits per heavy atom. The van der Waals surface area contributed by atoms with Crippen LogP contribution in [0.2, 0.25) is 0 Å². The molecule has 2 aromatic rings. The quantitative estimate of drug-likeness (QED) is 0.819. The van der Waals surface area contributed by atoms with Crippen LogP contribution >= 0.6 is 27.3 Å². The van der Waals surface area contributed by atoms with Gasteiger partial charge in [-0.1, -0.05) is 6.07 Å². The Bertz CT molecular complexity index is 744. The number of sulfonamides is 1. The van der Waals surface area contributed by atoms with E-state index in [-0.39, 0.29) is 10.9 Å². The molecule has 1 unspecified atom stereocenters. The summed E-state index contributed by atoms with van der Waals surface area (Å²) in [4.78, 5) is 1.38. The lowest BCUT2D eigenvalue weighted by molar-refractivity contribution is 0.400. The van der Waals surface area contributed by atoms with Crippen LogP contribution in [0.3, 0.4) is 0 Å². The molecule has 0 radical (unpaired) electrons. The zero-order valence-corrected chi connectivity index (χ0v) is 14.4. The van der Waals surface area contributed by atoms with Crippen LogP contribution in [0.5, 0.6) is 0 Å². The van der Waals surface area contributed by atoms with Crippen molar-refractivity contribution in [3.63, 3.8) is 0 Å². The molecule has 0 amide bonds. The smallest absolute Gasteiger partial charge is 0.244 e. The third kappa shape index (κ3) is 2.75. The molecule has 0 saturated carbocycles. The van der Waals surface area contributed by atoms with Gasteiger partial charge in [0.15, 0.2) is 0 Å². The Labute approximate surface area is 136 Å². The molecule has 2 heterocycles. The van der Waals surface area contributed by atoms with E-state index in [1.54, 1.807) is 33.8 Å². The molecule has 1 saturated heterocycles. The van der Waals surface area contributed by atoms with Crippen molar-refractivity contribution in [1.29, 1.82) is 0 Å². The monoisotopic (exact) mass is 386 g/mol. The summed E-state index contributed by atoms with van der Waals surface area (Å²) in [6, 6.07) is 8.72. The SMILES string of the molecule is Nc1ccc(S(=O)(=O)N2CCCC2c2cccs2)c(Br)c1. The van der Waals surface area contributed by atoms with Crippen molar-refractivity contribution in [2.75, 3.05) is 12.3 Å². The maximum absolute atomic E-state index is 12.9. The molecule has 0 aliphatic carbocycles. The van der Waals surface area contributed by atoms with E-state index in [4.69, 9.17) is 5.73 Å². The molecule has 112 valence electrons. The summed E-state index contributed by atoms with van der Waals surface area (Å²) in [5, 5.41) is 1.98. The van der Waals surface area contributed by atoms with Gasteiger partial charge in [-0.3, -0.25) is 0 Å². The van der Waals surface area contributed by atoms with Gasteiger partial charge in [-0.05, 0) is 58.4 Å². The largest absolute Gasteiger partial charge is 0.399 e. The van der Waals surface area contributed by atoms with Crippen molar-refractivity contribution in [2.45, 2.75) is 23.8 Å². The predicted octanol–water partition coefficient (Wildman–Crippen LogP) is 3.62. The van der Waals surface area contributed by atoms with E-state index < -0.39 is 10.0 Å². The van der Waals surface area contributed by atoms with Gasteiger partial charge in [-0.25, -0.2) is 8.42 Å². The minimum absolute atomic E-state index is 0.0561. The van der Waals surface area contributed by atoms with Crippen LogP contribution in [0.25, 0.3) is 0 Å². The van der Waals surface area contributed by atoms with E-state index in [2.05, 4.69) is 15.9 Å². The highest BCUT2D eigenvalue weighted by molar-refractivity contribution is 9.10. The highest BCUT2D eigenvalue weighted by Gasteiger charge is 2.37. The zero-order valence-electron chi connectivity index (χ0n) is 11.2. The van der Waals surface area contributed by atoms with Gasteiger partial charge in [0.2, 0.25) is 10.0 Å². The van der Waals surface area contributed by atoms with Gasteiger partial charge < -0.3 is 5.73 Å². The predicted molar refractivity (Wildman–Crippen MR) is 88.7 cm³/mol. The maximum atomic E-state index is 12.9. The molecule has 7 heteroatoms. The molecule has 0 spiro atoms. The Kier molecular flexibility index (Phi) is 4.09. The number of nitrogens with zero attached hydrogens (tertiary/aromatic N) is 1. The minimum Gasteiger partial charge on any atom is -0.399 e. The fraction of sp³-hybridized carbons (Fsp3) is 0.286. The Morgan fingerprint density at radius 1 is 1.33 bits per heavy atom. The first-order valence-electron chi connectivity index (χ1n) is 6.60. The van der Waals surface area contributed by atoms with Gasteiger partial charge in [0, 0.05) is 21.6 Å². The zero-order chi connectivity index (χ0) is 15.0. The molecule has 1 fully saturated rings. The number of halogens is 1. The van der Waals surface area contributed by atoms with Gasteiger partial charge in [0.05, 0.1) is 10.9 Å². The number of nitrogens with two attached hydrogens (primary N) is 1. The van der Waals surface area contributed by atoms with Gasteiger partial charge in [-0.2, -0.15) is 4.31 Å². The molecule has 1 aromatic carbocycles. The maximum Gasteiger partial charge on any atom is 0.244 e. The van der Waals surface area contributed by atoms with Gasteiger partial charge in [0.25, 0.3) is 0 Å². The van der Waals surface area contributed by atoms with Crippen LogP contribution in [-0.4, -0.2) is 19.3 Å².